The number of hydrogen-bond acceptors (Lipinski definition) is 3. The van der Waals surface area contributed by atoms with Crippen LogP contribution in [0.1, 0.15) is 74.5 Å². The first-order valence-electron chi connectivity index (χ1n) is 10.2. The van der Waals surface area contributed by atoms with Crippen LogP contribution in [0.3, 0.4) is 0 Å². The smallest absolute Gasteiger partial charge is 0.377 e. The maximum atomic E-state index is 11.9. The zero-order chi connectivity index (χ0) is 21.6. The third kappa shape index (κ3) is 3.81. The number of aliphatic carboxylic acids is 1. The van der Waals surface area contributed by atoms with Gasteiger partial charge in [0, 0.05) is 11.1 Å². The summed E-state index contributed by atoms with van der Waals surface area (Å²) in [5.41, 5.74) is 5.59. The summed E-state index contributed by atoms with van der Waals surface area (Å²) in [5, 5.41) is 9.03. The van der Waals surface area contributed by atoms with Gasteiger partial charge in [0.15, 0.2) is 0 Å². The van der Waals surface area contributed by atoms with Crippen molar-refractivity contribution in [1.82, 2.24) is 0 Å². The Balaban J connectivity index is 2.21. The van der Waals surface area contributed by atoms with E-state index in [9.17, 15) is 9.59 Å². The quantitative estimate of drug-likeness (QED) is 0.524. The molecule has 1 aliphatic carbocycles. The van der Waals surface area contributed by atoms with E-state index in [-0.39, 0.29) is 16.4 Å². The van der Waals surface area contributed by atoms with Crippen molar-refractivity contribution in [3.63, 3.8) is 0 Å². The number of carboxylic acid groups (broad SMARTS) is 1. The molecule has 4 heteroatoms. The Morgan fingerprint density at radius 1 is 1.00 bits per heavy atom. The third-order valence-electron chi connectivity index (χ3n) is 6.23. The van der Waals surface area contributed by atoms with Crippen LogP contribution >= 0.6 is 0 Å². The number of carbonyl (C=O) groups is 2. The molecule has 0 fully saturated rings. The molecule has 2 aromatic rings. The van der Waals surface area contributed by atoms with Crippen molar-refractivity contribution in [1.29, 1.82) is 0 Å². The van der Waals surface area contributed by atoms with Gasteiger partial charge in [-0.2, -0.15) is 0 Å². The SMILES string of the molecule is CCOc1cc2c(cc1-c1ccc(C(=O)C(=O)O)c(C)c1)C(C)(C)CCC2(C)C. The van der Waals surface area contributed by atoms with Crippen molar-refractivity contribution < 1.29 is 19.4 Å². The number of hydrogen-bond donors (Lipinski definition) is 1. The van der Waals surface area contributed by atoms with E-state index in [1.165, 1.54) is 11.1 Å². The van der Waals surface area contributed by atoms with Gasteiger partial charge in [-0.15, -0.1) is 0 Å². The number of fused-ring (bicyclic) bond motifs is 1. The molecule has 0 aromatic heterocycles. The Morgan fingerprint density at radius 3 is 2.10 bits per heavy atom. The van der Waals surface area contributed by atoms with E-state index >= 15 is 0 Å². The minimum atomic E-state index is -1.44. The van der Waals surface area contributed by atoms with Crippen molar-refractivity contribution in [2.45, 2.75) is 65.2 Å². The fourth-order valence-corrected chi connectivity index (χ4v) is 4.30. The van der Waals surface area contributed by atoms with Gasteiger partial charge in [-0.05, 0) is 78.0 Å². The Kier molecular flexibility index (Phi) is 5.33. The van der Waals surface area contributed by atoms with Crippen LogP contribution in [0.25, 0.3) is 11.1 Å². The second kappa shape index (κ2) is 7.33. The van der Waals surface area contributed by atoms with Gasteiger partial charge in [-0.3, -0.25) is 4.79 Å². The molecule has 0 radical (unpaired) electrons. The molecule has 4 nitrogen and oxygen atoms in total. The molecule has 0 amide bonds. The first-order chi connectivity index (χ1) is 13.5. The highest BCUT2D eigenvalue weighted by Crippen LogP contribution is 2.49. The van der Waals surface area contributed by atoms with Crippen molar-refractivity contribution in [2.24, 2.45) is 0 Å². The fraction of sp³-hybridized carbons (Fsp3) is 0.440. The van der Waals surface area contributed by atoms with E-state index in [4.69, 9.17) is 9.84 Å². The van der Waals surface area contributed by atoms with Gasteiger partial charge in [0.1, 0.15) is 5.75 Å². The minimum absolute atomic E-state index is 0.0681. The van der Waals surface area contributed by atoms with E-state index in [2.05, 4.69) is 39.8 Å². The summed E-state index contributed by atoms with van der Waals surface area (Å²) in [6.45, 7) is 13.4. The van der Waals surface area contributed by atoms with Crippen LogP contribution in [-0.4, -0.2) is 23.5 Å². The van der Waals surface area contributed by atoms with Gasteiger partial charge in [0.25, 0.3) is 5.78 Å². The van der Waals surface area contributed by atoms with E-state index in [0.717, 1.165) is 29.7 Å². The lowest BCUT2D eigenvalue weighted by molar-refractivity contribution is -0.131. The first-order valence-corrected chi connectivity index (χ1v) is 10.2. The number of aryl methyl sites for hydroxylation is 1. The van der Waals surface area contributed by atoms with E-state index < -0.39 is 11.8 Å². The highest BCUT2D eigenvalue weighted by molar-refractivity contribution is 6.40. The Hall–Kier alpha value is -2.62. The molecular formula is C25H30O4. The average Bonchev–Trinajstić information content (AvgIpc) is 2.65. The van der Waals surface area contributed by atoms with Crippen molar-refractivity contribution >= 4 is 11.8 Å². The highest BCUT2D eigenvalue weighted by Gasteiger charge is 2.38. The Labute approximate surface area is 172 Å². The fourth-order valence-electron chi connectivity index (χ4n) is 4.30. The number of Topliss-reactive ketones (excluding diaryl/α,β-unsaturated/α-hetero) is 1. The third-order valence-corrected chi connectivity index (χ3v) is 6.23. The molecule has 0 spiro atoms. The van der Waals surface area contributed by atoms with Gasteiger partial charge < -0.3 is 9.84 Å². The number of rotatable bonds is 5. The van der Waals surface area contributed by atoms with Crippen LogP contribution < -0.4 is 4.74 Å². The standard InChI is InChI=1S/C25H30O4/c1-7-29-21-14-20-19(24(3,4)10-11-25(20,5)6)13-18(21)16-8-9-17(15(2)12-16)22(26)23(27)28/h8-9,12-14H,7,10-11H2,1-6H3,(H,27,28). The zero-order valence-electron chi connectivity index (χ0n) is 18.2. The maximum Gasteiger partial charge on any atom is 0.377 e. The van der Waals surface area contributed by atoms with Gasteiger partial charge in [0.05, 0.1) is 6.61 Å². The van der Waals surface area contributed by atoms with E-state index in [0.29, 0.717) is 12.2 Å². The lowest BCUT2D eigenvalue weighted by Crippen LogP contribution is -2.33. The molecular weight excluding hydrogens is 364 g/mol. The lowest BCUT2D eigenvalue weighted by atomic mass is 9.62. The maximum absolute atomic E-state index is 11.9. The summed E-state index contributed by atoms with van der Waals surface area (Å²) >= 11 is 0. The highest BCUT2D eigenvalue weighted by atomic mass is 16.5. The molecule has 0 heterocycles. The molecule has 0 atom stereocenters. The second-order valence-corrected chi connectivity index (χ2v) is 9.26. The van der Waals surface area contributed by atoms with Crippen LogP contribution in [0.4, 0.5) is 0 Å². The first kappa shape index (κ1) is 21.1. The van der Waals surface area contributed by atoms with Crippen LogP contribution in [0.5, 0.6) is 5.75 Å². The summed E-state index contributed by atoms with van der Waals surface area (Å²) in [6, 6.07) is 9.70. The molecule has 1 N–H and O–H groups in total. The molecule has 154 valence electrons. The number of ether oxygens (including phenoxy) is 1. The summed E-state index contributed by atoms with van der Waals surface area (Å²) in [7, 11) is 0. The van der Waals surface area contributed by atoms with Crippen LogP contribution in [0.15, 0.2) is 30.3 Å². The van der Waals surface area contributed by atoms with Crippen LogP contribution in [0.2, 0.25) is 0 Å². The Morgan fingerprint density at radius 2 is 1.59 bits per heavy atom. The van der Waals surface area contributed by atoms with Gasteiger partial charge in [-0.1, -0.05) is 39.8 Å². The topological polar surface area (TPSA) is 63.6 Å². The molecule has 0 saturated heterocycles. The molecule has 29 heavy (non-hydrogen) atoms. The van der Waals surface area contributed by atoms with Crippen LogP contribution in [0, 0.1) is 6.92 Å². The number of carboxylic acids is 1. The summed E-state index contributed by atoms with van der Waals surface area (Å²) in [4.78, 5) is 23.0. The molecule has 2 aromatic carbocycles. The monoisotopic (exact) mass is 394 g/mol. The average molecular weight is 395 g/mol. The molecule has 0 bridgehead atoms. The summed E-state index contributed by atoms with van der Waals surface area (Å²) in [5.74, 6) is -1.49. The summed E-state index contributed by atoms with van der Waals surface area (Å²) in [6.07, 6.45) is 2.24. The molecule has 0 unspecified atom stereocenters. The molecule has 1 aliphatic rings. The molecule has 0 aliphatic heterocycles. The second-order valence-electron chi connectivity index (χ2n) is 9.26. The molecule has 3 rings (SSSR count). The van der Waals surface area contributed by atoms with Crippen LogP contribution in [-0.2, 0) is 15.6 Å². The van der Waals surface area contributed by atoms with Gasteiger partial charge in [0.2, 0.25) is 0 Å². The normalized spacial score (nSPS) is 16.8. The predicted octanol–water partition coefficient (Wildman–Crippen LogP) is 5.68. The minimum Gasteiger partial charge on any atom is -0.493 e. The van der Waals surface area contributed by atoms with Crippen molar-refractivity contribution in [3.8, 4) is 16.9 Å². The zero-order valence-corrected chi connectivity index (χ0v) is 18.2. The van der Waals surface area contributed by atoms with Crippen molar-refractivity contribution in [3.05, 3.63) is 52.6 Å². The molecule has 0 saturated carbocycles. The van der Waals surface area contributed by atoms with Gasteiger partial charge in [-0.25, -0.2) is 4.79 Å². The summed E-state index contributed by atoms with van der Waals surface area (Å²) < 4.78 is 6.01. The number of benzene rings is 2. The van der Waals surface area contributed by atoms with Crippen molar-refractivity contribution in [2.75, 3.05) is 6.61 Å². The lowest BCUT2D eigenvalue weighted by Gasteiger charge is -2.42. The largest absolute Gasteiger partial charge is 0.493 e. The van der Waals surface area contributed by atoms with E-state index in [1.807, 2.05) is 19.1 Å². The number of carbonyl (C=O) groups excluding carboxylic acids is 1. The predicted molar refractivity (Wildman–Crippen MR) is 115 cm³/mol. The number of ketones is 1. The Bertz CT molecular complexity index is 983. The van der Waals surface area contributed by atoms with Gasteiger partial charge >= 0.3 is 5.97 Å². The van der Waals surface area contributed by atoms with E-state index in [1.54, 1.807) is 13.0 Å².